The third kappa shape index (κ3) is 3.49. The van der Waals surface area contributed by atoms with Crippen molar-refractivity contribution in [2.75, 3.05) is 14.2 Å². The molecule has 0 aliphatic heterocycles. The Morgan fingerprint density at radius 2 is 2.00 bits per heavy atom. The van der Waals surface area contributed by atoms with E-state index in [1.165, 1.54) is 13.2 Å². The predicted octanol–water partition coefficient (Wildman–Crippen LogP) is 2.66. The largest absolute Gasteiger partial charge is 0.493 e. The normalized spacial score (nSPS) is 11.1. The van der Waals surface area contributed by atoms with Crippen LogP contribution in [0.3, 0.4) is 0 Å². The average molecular weight is 354 g/mol. The van der Waals surface area contributed by atoms with Gasteiger partial charge in [-0.05, 0) is 30.7 Å². The number of methoxy groups -OCH3 is 2. The fraction of sp³-hybridized carbons (Fsp3) is 0.222. The molecule has 1 aromatic carbocycles. The minimum absolute atomic E-state index is 0.400. The van der Waals surface area contributed by atoms with Crippen molar-refractivity contribution < 1.29 is 19.0 Å². The summed E-state index contributed by atoms with van der Waals surface area (Å²) in [6.45, 7) is 1.79. The monoisotopic (exact) mass is 354 g/mol. The lowest BCUT2D eigenvalue weighted by Crippen LogP contribution is -1.99. The zero-order chi connectivity index (χ0) is 18.7. The van der Waals surface area contributed by atoms with Crippen LogP contribution in [0.1, 0.15) is 11.4 Å². The maximum absolute atomic E-state index is 11.2. The average Bonchev–Trinajstić information content (AvgIpc) is 3.01. The van der Waals surface area contributed by atoms with Crippen LogP contribution in [0, 0.1) is 6.92 Å². The van der Waals surface area contributed by atoms with Crippen LogP contribution in [-0.2, 0) is 16.6 Å². The van der Waals surface area contributed by atoms with Crippen LogP contribution >= 0.6 is 0 Å². The number of fused-ring (bicyclic) bond motifs is 1. The molecule has 0 radical (unpaired) electrons. The van der Waals surface area contributed by atoms with E-state index < -0.39 is 5.97 Å². The molecule has 26 heavy (non-hydrogen) atoms. The molecule has 0 fully saturated rings. The molecule has 0 atom stereocenters. The number of aromatic nitrogens is 4. The van der Waals surface area contributed by atoms with Crippen molar-refractivity contribution in [3.05, 3.63) is 41.9 Å². The molecule has 0 bridgehead atoms. The maximum atomic E-state index is 11.2. The summed E-state index contributed by atoms with van der Waals surface area (Å²) < 4.78 is 17.6. The molecule has 2 heterocycles. The van der Waals surface area contributed by atoms with Crippen molar-refractivity contribution >= 4 is 23.1 Å². The van der Waals surface area contributed by atoms with E-state index >= 15 is 0 Å². The van der Waals surface area contributed by atoms with E-state index in [0.29, 0.717) is 34.2 Å². The van der Waals surface area contributed by atoms with Gasteiger partial charge < -0.3 is 14.2 Å². The molecular weight excluding hydrogens is 336 g/mol. The van der Waals surface area contributed by atoms with Gasteiger partial charge in [0.2, 0.25) is 5.88 Å². The highest BCUT2D eigenvalue weighted by atomic mass is 16.5. The van der Waals surface area contributed by atoms with E-state index in [2.05, 4.69) is 19.8 Å². The first-order valence-electron chi connectivity index (χ1n) is 7.80. The Bertz CT molecular complexity index is 994. The number of ether oxygens (including phenoxy) is 3. The minimum Gasteiger partial charge on any atom is -0.493 e. The summed E-state index contributed by atoms with van der Waals surface area (Å²) in [5.41, 5.74) is 1.45. The van der Waals surface area contributed by atoms with Gasteiger partial charge in [0.05, 0.1) is 20.4 Å². The molecule has 0 amide bonds. The highest BCUT2D eigenvalue weighted by Crippen LogP contribution is 2.34. The van der Waals surface area contributed by atoms with Gasteiger partial charge in [0, 0.05) is 13.1 Å². The number of carbonyl (C=O) groups is 1. The molecule has 0 N–H and O–H groups in total. The van der Waals surface area contributed by atoms with Crippen LogP contribution in [0.5, 0.6) is 17.4 Å². The van der Waals surface area contributed by atoms with Gasteiger partial charge in [-0.3, -0.25) is 4.68 Å². The lowest BCUT2D eigenvalue weighted by atomic mass is 10.2. The number of rotatable bonds is 5. The number of benzene rings is 1. The summed E-state index contributed by atoms with van der Waals surface area (Å²) >= 11 is 0. The molecule has 3 aromatic rings. The lowest BCUT2D eigenvalue weighted by Gasteiger charge is -2.11. The summed E-state index contributed by atoms with van der Waals surface area (Å²) in [6.07, 6.45) is 4.62. The molecule has 0 unspecified atom stereocenters. The van der Waals surface area contributed by atoms with Gasteiger partial charge in [-0.1, -0.05) is 6.07 Å². The molecular formula is C18H18N4O4. The molecule has 134 valence electrons. The van der Waals surface area contributed by atoms with Gasteiger partial charge in [0.15, 0.2) is 17.1 Å². The first-order valence-corrected chi connectivity index (χ1v) is 7.80. The zero-order valence-corrected chi connectivity index (χ0v) is 14.9. The molecule has 3 rings (SSSR count). The van der Waals surface area contributed by atoms with E-state index in [9.17, 15) is 4.79 Å². The molecule has 0 aliphatic rings. The molecule has 0 saturated heterocycles. The maximum Gasteiger partial charge on any atom is 0.330 e. The van der Waals surface area contributed by atoms with E-state index in [1.54, 1.807) is 49.2 Å². The second-order valence-electron chi connectivity index (χ2n) is 5.45. The van der Waals surface area contributed by atoms with Gasteiger partial charge in [0.25, 0.3) is 0 Å². The topological polar surface area (TPSA) is 88.4 Å². The first kappa shape index (κ1) is 17.4. The summed E-state index contributed by atoms with van der Waals surface area (Å²) in [5, 5.41) is 4.90. The Hall–Kier alpha value is -3.42. The second kappa shape index (κ2) is 7.22. The fourth-order valence-corrected chi connectivity index (χ4v) is 2.39. The second-order valence-corrected chi connectivity index (χ2v) is 5.45. The molecule has 0 aliphatic carbocycles. The Kier molecular flexibility index (Phi) is 4.83. The van der Waals surface area contributed by atoms with E-state index in [1.807, 2.05) is 7.05 Å². The van der Waals surface area contributed by atoms with Gasteiger partial charge in [0.1, 0.15) is 11.2 Å². The SMILES string of the molecule is COC(=O)C=Cc1ccc(Oc2nc(C)nc3c2cnn3C)c(OC)c1. The van der Waals surface area contributed by atoms with Crippen molar-refractivity contribution in [1.82, 2.24) is 19.7 Å². The lowest BCUT2D eigenvalue weighted by molar-refractivity contribution is -0.134. The number of carbonyl (C=O) groups excluding carboxylic acids is 1. The van der Waals surface area contributed by atoms with Crippen LogP contribution in [0.2, 0.25) is 0 Å². The standard InChI is InChI=1S/C18H18N4O4/c1-11-20-17-13(10-19-22(17)2)18(21-11)26-14-7-5-12(9-15(14)24-3)6-8-16(23)25-4/h5-10H,1-4H3. The summed E-state index contributed by atoms with van der Waals surface area (Å²) in [4.78, 5) is 19.9. The smallest absolute Gasteiger partial charge is 0.330 e. The number of hydrogen-bond donors (Lipinski definition) is 0. The third-order valence-electron chi connectivity index (χ3n) is 3.68. The van der Waals surface area contributed by atoms with Gasteiger partial charge >= 0.3 is 5.97 Å². The fourth-order valence-electron chi connectivity index (χ4n) is 2.39. The minimum atomic E-state index is -0.431. The Morgan fingerprint density at radius 1 is 1.19 bits per heavy atom. The first-order chi connectivity index (χ1) is 12.5. The quantitative estimate of drug-likeness (QED) is 0.514. The van der Waals surface area contributed by atoms with Gasteiger partial charge in [-0.2, -0.15) is 10.1 Å². The van der Waals surface area contributed by atoms with Crippen LogP contribution in [0.4, 0.5) is 0 Å². The predicted molar refractivity (Wildman–Crippen MR) is 95.2 cm³/mol. The number of esters is 1. The van der Waals surface area contributed by atoms with Crippen molar-refractivity contribution in [1.29, 1.82) is 0 Å². The van der Waals surface area contributed by atoms with Crippen LogP contribution < -0.4 is 9.47 Å². The highest BCUT2D eigenvalue weighted by Gasteiger charge is 2.14. The van der Waals surface area contributed by atoms with Gasteiger partial charge in [-0.15, -0.1) is 0 Å². The van der Waals surface area contributed by atoms with Crippen LogP contribution in [0.15, 0.2) is 30.5 Å². The Balaban J connectivity index is 1.95. The number of hydrogen-bond acceptors (Lipinski definition) is 7. The number of aryl methyl sites for hydroxylation is 2. The van der Waals surface area contributed by atoms with Crippen molar-refractivity contribution in [2.24, 2.45) is 7.05 Å². The Morgan fingerprint density at radius 3 is 2.73 bits per heavy atom. The van der Waals surface area contributed by atoms with Crippen molar-refractivity contribution in [2.45, 2.75) is 6.92 Å². The van der Waals surface area contributed by atoms with E-state index in [-0.39, 0.29) is 0 Å². The summed E-state index contributed by atoms with van der Waals surface area (Å²) in [7, 11) is 4.68. The van der Waals surface area contributed by atoms with Crippen molar-refractivity contribution in [3.8, 4) is 17.4 Å². The summed E-state index contributed by atoms with van der Waals surface area (Å²) in [5.74, 6) is 1.54. The number of nitrogens with zero attached hydrogens (tertiary/aromatic N) is 4. The summed E-state index contributed by atoms with van der Waals surface area (Å²) in [6, 6.07) is 5.30. The Labute approximate surface area is 150 Å². The van der Waals surface area contributed by atoms with E-state index in [4.69, 9.17) is 9.47 Å². The van der Waals surface area contributed by atoms with Crippen LogP contribution in [-0.4, -0.2) is 39.9 Å². The molecule has 0 saturated carbocycles. The molecule has 8 nitrogen and oxygen atoms in total. The van der Waals surface area contributed by atoms with Crippen LogP contribution in [0.25, 0.3) is 17.1 Å². The van der Waals surface area contributed by atoms with Crippen molar-refractivity contribution in [3.63, 3.8) is 0 Å². The van der Waals surface area contributed by atoms with Gasteiger partial charge in [-0.25, -0.2) is 9.78 Å². The molecule has 8 heteroatoms. The zero-order valence-electron chi connectivity index (χ0n) is 14.9. The third-order valence-corrected chi connectivity index (χ3v) is 3.68. The highest BCUT2D eigenvalue weighted by molar-refractivity contribution is 5.87. The molecule has 0 spiro atoms. The molecule has 2 aromatic heterocycles. The van der Waals surface area contributed by atoms with E-state index in [0.717, 1.165) is 5.56 Å².